The first-order valence-corrected chi connectivity index (χ1v) is 7.05. The molecule has 0 N–H and O–H groups in total. The molecule has 0 unspecified atom stereocenters. The highest BCUT2D eigenvalue weighted by atomic mass is 16.5. The Morgan fingerprint density at radius 3 is 2.83 bits per heavy atom. The van der Waals surface area contributed by atoms with Gasteiger partial charge in [0.05, 0.1) is 12.7 Å². The molecule has 7 nitrogen and oxygen atoms in total. The molecule has 118 valence electrons. The van der Waals surface area contributed by atoms with Gasteiger partial charge in [-0.2, -0.15) is 5.10 Å². The first-order valence-electron chi connectivity index (χ1n) is 7.05. The van der Waals surface area contributed by atoms with E-state index in [0.29, 0.717) is 42.7 Å². The molecule has 2 aromatic heterocycles. The fourth-order valence-electron chi connectivity index (χ4n) is 2.23. The minimum Gasteiger partial charge on any atom is -0.492 e. The number of carbonyl (C=O) groups excluding carboxylic acids is 1. The van der Waals surface area contributed by atoms with Gasteiger partial charge in [-0.3, -0.25) is 9.48 Å². The maximum Gasteiger partial charge on any atom is 0.298 e. The number of nitrogens with zero attached hydrogens (tertiary/aromatic N) is 3. The number of oxazole rings is 1. The summed E-state index contributed by atoms with van der Waals surface area (Å²) in [6.45, 7) is 2.97. The average Bonchev–Trinajstić information content (AvgIpc) is 3.18. The van der Waals surface area contributed by atoms with E-state index in [1.54, 1.807) is 11.6 Å². The van der Waals surface area contributed by atoms with Crippen LogP contribution in [0.1, 0.15) is 5.69 Å². The minimum atomic E-state index is 0.335. The Labute approximate surface area is 132 Å². The van der Waals surface area contributed by atoms with E-state index in [1.807, 2.05) is 30.3 Å². The van der Waals surface area contributed by atoms with Gasteiger partial charge < -0.3 is 13.9 Å². The first kappa shape index (κ1) is 14.8. The molecule has 0 spiro atoms. The Kier molecular flexibility index (Phi) is 4.37. The summed E-state index contributed by atoms with van der Waals surface area (Å²) < 4.78 is 17.7. The van der Waals surface area contributed by atoms with Crippen molar-refractivity contribution in [3.05, 3.63) is 48.5 Å². The van der Waals surface area contributed by atoms with Gasteiger partial charge in [-0.1, -0.05) is 18.2 Å². The van der Waals surface area contributed by atoms with Crippen LogP contribution in [0.4, 0.5) is 0 Å². The van der Waals surface area contributed by atoms with Crippen molar-refractivity contribution in [2.45, 2.75) is 13.5 Å². The largest absolute Gasteiger partial charge is 0.492 e. The van der Waals surface area contributed by atoms with Crippen molar-refractivity contribution in [2.24, 2.45) is 0 Å². The Morgan fingerprint density at radius 1 is 1.30 bits per heavy atom. The topological polar surface area (TPSA) is 79.4 Å². The summed E-state index contributed by atoms with van der Waals surface area (Å²) in [4.78, 5) is 14.8. The summed E-state index contributed by atoms with van der Waals surface area (Å²) in [7, 11) is 0. The molecular formula is C16H15N3O4. The molecule has 2 heterocycles. The molecule has 0 aliphatic rings. The van der Waals surface area contributed by atoms with Crippen LogP contribution >= 0.6 is 0 Å². The second kappa shape index (κ2) is 6.78. The van der Waals surface area contributed by atoms with Gasteiger partial charge in [0.25, 0.3) is 6.47 Å². The highest BCUT2D eigenvalue weighted by Crippen LogP contribution is 2.31. The second-order valence-corrected chi connectivity index (χ2v) is 4.70. The Morgan fingerprint density at radius 2 is 2.13 bits per heavy atom. The van der Waals surface area contributed by atoms with E-state index in [1.165, 1.54) is 12.5 Å². The van der Waals surface area contributed by atoms with Crippen molar-refractivity contribution < 1.29 is 18.7 Å². The molecule has 0 bridgehead atoms. The van der Waals surface area contributed by atoms with E-state index in [-0.39, 0.29) is 0 Å². The van der Waals surface area contributed by atoms with Crippen molar-refractivity contribution in [3.63, 3.8) is 0 Å². The molecule has 23 heavy (non-hydrogen) atoms. The molecule has 0 saturated carbocycles. The standard InChI is InChI=1S/C16H15N3O4/c1-12-15(23-11-20)14(16-17-7-9-22-16)19(18-12)8-10-21-13-5-3-2-4-6-13/h2-7,9,11H,8,10H2,1H3. The lowest BCUT2D eigenvalue weighted by molar-refractivity contribution is -0.120. The maximum absolute atomic E-state index is 10.7. The van der Waals surface area contributed by atoms with E-state index >= 15 is 0 Å². The summed E-state index contributed by atoms with van der Waals surface area (Å²) in [5.74, 6) is 1.45. The zero-order valence-electron chi connectivity index (χ0n) is 12.5. The highest BCUT2D eigenvalue weighted by molar-refractivity contribution is 5.63. The summed E-state index contributed by atoms with van der Waals surface area (Å²) >= 11 is 0. The van der Waals surface area contributed by atoms with Gasteiger partial charge in [0.15, 0.2) is 11.4 Å². The van der Waals surface area contributed by atoms with Crippen LogP contribution in [-0.2, 0) is 11.3 Å². The number of hydrogen-bond donors (Lipinski definition) is 0. The van der Waals surface area contributed by atoms with Gasteiger partial charge in [-0.25, -0.2) is 4.98 Å². The lowest BCUT2D eigenvalue weighted by Crippen LogP contribution is -2.11. The quantitative estimate of drug-likeness (QED) is 0.623. The molecule has 0 aliphatic heterocycles. The number of aryl methyl sites for hydroxylation is 1. The summed E-state index contributed by atoms with van der Waals surface area (Å²) in [6.07, 6.45) is 2.97. The van der Waals surface area contributed by atoms with Crippen molar-refractivity contribution in [3.8, 4) is 23.1 Å². The van der Waals surface area contributed by atoms with Crippen molar-refractivity contribution in [1.29, 1.82) is 0 Å². The second-order valence-electron chi connectivity index (χ2n) is 4.70. The van der Waals surface area contributed by atoms with Crippen LogP contribution < -0.4 is 9.47 Å². The summed E-state index contributed by atoms with van der Waals surface area (Å²) in [5.41, 5.74) is 1.08. The molecule has 1 aromatic carbocycles. The van der Waals surface area contributed by atoms with Gasteiger partial charge in [-0.15, -0.1) is 0 Å². The lowest BCUT2D eigenvalue weighted by atomic mass is 10.3. The monoisotopic (exact) mass is 313 g/mol. The predicted molar refractivity (Wildman–Crippen MR) is 81.1 cm³/mol. The van der Waals surface area contributed by atoms with Crippen LogP contribution in [0.5, 0.6) is 11.5 Å². The number of benzene rings is 1. The van der Waals surface area contributed by atoms with Crippen LogP contribution in [0.25, 0.3) is 11.6 Å². The number of aromatic nitrogens is 3. The Hall–Kier alpha value is -3.09. The van der Waals surface area contributed by atoms with Gasteiger partial charge in [-0.05, 0) is 19.1 Å². The van der Waals surface area contributed by atoms with Gasteiger partial charge in [0.2, 0.25) is 5.89 Å². The molecule has 0 aliphatic carbocycles. The van der Waals surface area contributed by atoms with Crippen LogP contribution in [0.3, 0.4) is 0 Å². The molecule has 0 saturated heterocycles. The third-order valence-corrected chi connectivity index (χ3v) is 3.19. The smallest absolute Gasteiger partial charge is 0.298 e. The zero-order valence-corrected chi connectivity index (χ0v) is 12.5. The molecule has 0 radical (unpaired) electrons. The predicted octanol–water partition coefficient (Wildman–Crippen LogP) is 2.46. The maximum atomic E-state index is 10.7. The molecule has 0 amide bonds. The third kappa shape index (κ3) is 3.23. The van der Waals surface area contributed by atoms with Gasteiger partial charge in [0.1, 0.15) is 24.3 Å². The summed E-state index contributed by atoms with van der Waals surface area (Å²) in [5, 5.41) is 4.37. The SMILES string of the molecule is Cc1nn(CCOc2ccccc2)c(-c2ncco2)c1OC=O. The number of rotatable bonds is 7. The summed E-state index contributed by atoms with van der Waals surface area (Å²) in [6, 6.07) is 9.49. The van der Waals surface area contributed by atoms with Crippen LogP contribution in [0, 0.1) is 6.92 Å². The van der Waals surface area contributed by atoms with Gasteiger partial charge in [0, 0.05) is 0 Å². The zero-order chi connectivity index (χ0) is 16.1. The highest BCUT2D eigenvalue weighted by Gasteiger charge is 2.22. The van der Waals surface area contributed by atoms with E-state index in [9.17, 15) is 4.79 Å². The van der Waals surface area contributed by atoms with Crippen LogP contribution in [0.15, 0.2) is 47.2 Å². The Balaban J connectivity index is 1.81. The molecular weight excluding hydrogens is 298 g/mol. The third-order valence-electron chi connectivity index (χ3n) is 3.19. The van der Waals surface area contributed by atoms with E-state index in [2.05, 4.69) is 10.1 Å². The van der Waals surface area contributed by atoms with Gasteiger partial charge >= 0.3 is 0 Å². The van der Waals surface area contributed by atoms with Crippen molar-refractivity contribution in [2.75, 3.05) is 6.61 Å². The fraction of sp³-hybridized carbons (Fsp3) is 0.188. The molecule has 0 fully saturated rings. The lowest BCUT2D eigenvalue weighted by Gasteiger charge is -2.08. The molecule has 7 heteroatoms. The molecule has 0 atom stereocenters. The number of carbonyl (C=O) groups is 1. The number of ether oxygens (including phenoxy) is 2. The molecule has 3 aromatic rings. The number of para-hydroxylation sites is 1. The van der Waals surface area contributed by atoms with Crippen molar-refractivity contribution in [1.82, 2.24) is 14.8 Å². The van der Waals surface area contributed by atoms with Crippen LogP contribution in [0.2, 0.25) is 0 Å². The normalized spacial score (nSPS) is 10.5. The first-order chi connectivity index (χ1) is 11.3. The van der Waals surface area contributed by atoms with E-state index in [0.717, 1.165) is 5.75 Å². The van der Waals surface area contributed by atoms with Crippen molar-refractivity contribution >= 4 is 6.47 Å². The van der Waals surface area contributed by atoms with E-state index < -0.39 is 0 Å². The van der Waals surface area contributed by atoms with Crippen LogP contribution in [-0.4, -0.2) is 27.8 Å². The fourth-order valence-corrected chi connectivity index (χ4v) is 2.23. The number of hydrogen-bond acceptors (Lipinski definition) is 6. The minimum absolute atomic E-state index is 0.335. The van der Waals surface area contributed by atoms with E-state index in [4.69, 9.17) is 13.9 Å². The Bertz CT molecular complexity index is 766. The average molecular weight is 313 g/mol. The molecule has 3 rings (SSSR count).